The summed E-state index contributed by atoms with van der Waals surface area (Å²) < 4.78 is 0. The average molecular weight is 261 g/mol. The molecule has 19 heavy (non-hydrogen) atoms. The van der Waals surface area contributed by atoms with Crippen LogP contribution in [0.15, 0.2) is 42.4 Å². The number of nitrogens with zero attached hydrogens (tertiary/aromatic N) is 2. The van der Waals surface area contributed by atoms with Crippen LogP contribution in [0, 0.1) is 10.1 Å². The molecule has 0 spiro atoms. The third-order valence-corrected chi connectivity index (χ3v) is 3.22. The van der Waals surface area contributed by atoms with Gasteiger partial charge in [-0.25, -0.2) is 0 Å². The van der Waals surface area contributed by atoms with Gasteiger partial charge in [0.2, 0.25) is 0 Å². The molecule has 0 aliphatic carbocycles. The van der Waals surface area contributed by atoms with E-state index in [1.165, 1.54) is 5.56 Å². The molecule has 1 aliphatic heterocycles. The lowest BCUT2D eigenvalue weighted by Gasteiger charge is -2.30. The number of hydrogen-bond acceptors (Lipinski definition) is 4. The molecular weight excluding hydrogens is 242 g/mol. The predicted octanol–water partition coefficient (Wildman–Crippen LogP) is 1.99. The molecule has 1 aliphatic rings. The van der Waals surface area contributed by atoms with Crippen LogP contribution in [0.25, 0.3) is 0 Å². The fourth-order valence-electron chi connectivity index (χ4n) is 2.30. The molecule has 1 saturated heterocycles. The maximum absolute atomic E-state index is 10.6. The molecule has 0 saturated carbocycles. The molecule has 0 radical (unpaired) electrons. The zero-order valence-electron chi connectivity index (χ0n) is 10.9. The van der Waals surface area contributed by atoms with Crippen LogP contribution < -0.4 is 5.32 Å². The van der Waals surface area contributed by atoms with Gasteiger partial charge in [-0.15, -0.1) is 0 Å². The molecular formula is C14H19N3O2. The Morgan fingerprint density at radius 1 is 1.37 bits per heavy atom. The summed E-state index contributed by atoms with van der Waals surface area (Å²) in [6.07, 6.45) is 4.10. The SMILES string of the molecule is O=[N+]([O-])/C=C1\NCCCN1CCCc1ccccc1. The summed E-state index contributed by atoms with van der Waals surface area (Å²) >= 11 is 0. The highest BCUT2D eigenvalue weighted by atomic mass is 16.6. The Bertz CT molecular complexity index is 445. The third-order valence-electron chi connectivity index (χ3n) is 3.22. The van der Waals surface area contributed by atoms with E-state index in [9.17, 15) is 10.1 Å². The second kappa shape index (κ2) is 6.78. The fraction of sp³-hybridized carbons (Fsp3) is 0.429. The standard InChI is InChI=1S/C14H19N3O2/c18-17(19)12-14-15-9-5-11-16(14)10-4-8-13-6-2-1-3-7-13/h1-3,6-7,12,15H,4-5,8-11H2/b14-12+. The summed E-state index contributed by atoms with van der Waals surface area (Å²) in [5.74, 6) is 0.643. The first-order valence-corrected chi connectivity index (χ1v) is 6.64. The highest BCUT2D eigenvalue weighted by Crippen LogP contribution is 2.10. The average Bonchev–Trinajstić information content (AvgIpc) is 2.41. The number of nitrogens with one attached hydrogen (secondary N) is 1. The van der Waals surface area contributed by atoms with Gasteiger partial charge in [0.05, 0.1) is 4.92 Å². The second-order valence-electron chi connectivity index (χ2n) is 4.66. The van der Waals surface area contributed by atoms with E-state index in [1.807, 2.05) is 18.2 Å². The summed E-state index contributed by atoms with van der Waals surface area (Å²) in [4.78, 5) is 12.2. The Morgan fingerprint density at radius 3 is 2.89 bits per heavy atom. The summed E-state index contributed by atoms with van der Waals surface area (Å²) in [5, 5.41) is 13.7. The van der Waals surface area contributed by atoms with Crippen LogP contribution in [0.5, 0.6) is 0 Å². The van der Waals surface area contributed by atoms with Gasteiger partial charge in [-0.2, -0.15) is 0 Å². The van der Waals surface area contributed by atoms with E-state index in [1.54, 1.807) is 0 Å². The lowest BCUT2D eigenvalue weighted by atomic mass is 10.1. The Hall–Kier alpha value is -2.04. The van der Waals surface area contributed by atoms with Crippen LogP contribution in [-0.2, 0) is 6.42 Å². The van der Waals surface area contributed by atoms with E-state index in [2.05, 4.69) is 22.3 Å². The Balaban J connectivity index is 1.85. The van der Waals surface area contributed by atoms with Crippen molar-refractivity contribution in [1.29, 1.82) is 0 Å². The van der Waals surface area contributed by atoms with Crippen molar-refractivity contribution in [3.63, 3.8) is 0 Å². The van der Waals surface area contributed by atoms with Crippen molar-refractivity contribution < 1.29 is 4.92 Å². The van der Waals surface area contributed by atoms with E-state index in [0.29, 0.717) is 5.82 Å². The molecule has 5 nitrogen and oxygen atoms in total. The topological polar surface area (TPSA) is 58.4 Å². The van der Waals surface area contributed by atoms with Crippen LogP contribution in [-0.4, -0.2) is 29.5 Å². The minimum Gasteiger partial charge on any atom is -0.367 e. The van der Waals surface area contributed by atoms with Crippen molar-refractivity contribution >= 4 is 0 Å². The zero-order chi connectivity index (χ0) is 13.5. The smallest absolute Gasteiger partial charge is 0.274 e. The van der Waals surface area contributed by atoms with E-state index in [0.717, 1.165) is 45.1 Å². The fourth-order valence-corrected chi connectivity index (χ4v) is 2.30. The number of rotatable bonds is 5. The maximum Gasteiger partial charge on any atom is 0.274 e. The first kappa shape index (κ1) is 13.4. The molecule has 0 unspecified atom stereocenters. The lowest BCUT2D eigenvalue weighted by molar-refractivity contribution is -0.404. The maximum atomic E-state index is 10.6. The van der Waals surface area contributed by atoms with Crippen molar-refractivity contribution in [1.82, 2.24) is 10.2 Å². The van der Waals surface area contributed by atoms with Crippen molar-refractivity contribution in [2.45, 2.75) is 19.3 Å². The molecule has 5 heteroatoms. The highest BCUT2D eigenvalue weighted by molar-refractivity contribution is 5.14. The number of aryl methyl sites for hydroxylation is 1. The van der Waals surface area contributed by atoms with Crippen molar-refractivity contribution in [3.8, 4) is 0 Å². The van der Waals surface area contributed by atoms with Crippen LogP contribution >= 0.6 is 0 Å². The highest BCUT2D eigenvalue weighted by Gasteiger charge is 2.16. The van der Waals surface area contributed by atoms with E-state index >= 15 is 0 Å². The van der Waals surface area contributed by atoms with Crippen molar-refractivity contribution in [2.24, 2.45) is 0 Å². The van der Waals surface area contributed by atoms with Gasteiger partial charge in [0.25, 0.3) is 6.20 Å². The zero-order valence-corrected chi connectivity index (χ0v) is 10.9. The predicted molar refractivity (Wildman–Crippen MR) is 74.0 cm³/mol. The van der Waals surface area contributed by atoms with E-state index in [-0.39, 0.29) is 0 Å². The largest absolute Gasteiger partial charge is 0.367 e. The van der Waals surface area contributed by atoms with Gasteiger partial charge in [-0.1, -0.05) is 30.3 Å². The first-order chi connectivity index (χ1) is 9.25. The second-order valence-corrected chi connectivity index (χ2v) is 4.66. The molecule has 1 N–H and O–H groups in total. The van der Waals surface area contributed by atoms with Gasteiger partial charge >= 0.3 is 0 Å². The molecule has 0 bridgehead atoms. The van der Waals surface area contributed by atoms with Crippen molar-refractivity contribution in [3.05, 3.63) is 58.0 Å². The number of nitro groups is 1. The van der Waals surface area contributed by atoms with Crippen LogP contribution in [0.3, 0.4) is 0 Å². The lowest BCUT2D eigenvalue weighted by Crippen LogP contribution is -2.40. The molecule has 2 rings (SSSR count). The van der Waals surface area contributed by atoms with Gasteiger partial charge in [0.15, 0.2) is 5.82 Å². The molecule has 0 aromatic heterocycles. The molecule has 102 valence electrons. The van der Waals surface area contributed by atoms with Gasteiger partial charge in [0, 0.05) is 19.6 Å². The first-order valence-electron chi connectivity index (χ1n) is 6.64. The van der Waals surface area contributed by atoms with E-state index < -0.39 is 4.92 Å². The Kier molecular flexibility index (Phi) is 4.78. The van der Waals surface area contributed by atoms with E-state index in [4.69, 9.17) is 0 Å². The molecule has 1 heterocycles. The summed E-state index contributed by atoms with van der Waals surface area (Å²) in [6.45, 7) is 2.55. The van der Waals surface area contributed by atoms with Crippen molar-refractivity contribution in [2.75, 3.05) is 19.6 Å². The minimum absolute atomic E-state index is 0.391. The monoisotopic (exact) mass is 261 g/mol. The van der Waals surface area contributed by atoms with Gasteiger partial charge < -0.3 is 10.2 Å². The Labute approximate surface area is 113 Å². The van der Waals surface area contributed by atoms with Gasteiger partial charge in [-0.3, -0.25) is 10.1 Å². The number of hydrogen-bond donors (Lipinski definition) is 1. The molecule has 0 amide bonds. The van der Waals surface area contributed by atoms with Gasteiger partial charge in [-0.05, 0) is 24.8 Å². The molecule has 1 aromatic rings. The minimum atomic E-state index is -0.391. The molecule has 0 atom stereocenters. The summed E-state index contributed by atoms with van der Waals surface area (Å²) in [6, 6.07) is 10.3. The van der Waals surface area contributed by atoms with Crippen LogP contribution in [0.1, 0.15) is 18.4 Å². The van der Waals surface area contributed by atoms with Gasteiger partial charge in [0.1, 0.15) is 0 Å². The Morgan fingerprint density at radius 2 is 2.16 bits per heavy atom. The normalized spacial score (nSPS) is 17.3. The van der Waals surface area contributed by atoms with Crippen LogP contribution in [0.4, 0.5) is 0 Å². The third kappa shape index (κ3) is 4.28. The summed E-state index contributed by atoms with van der Waals surface area (Å²) in [7, 11) is 0. The molecule has 1 fully saturated rings. The summed E-state index contributed by atoms with van der Waals surface area (Å²) in [5.41, 5.74) is 1.31. The molecule has 1 aromatic carbocycles. The number of benzene rings is 1. The quantitative estimate of drug-likeness (QED) is 0.650. The van der Waals surface area contributed by atoms with Crippen LogP contribution in [0.2, 0.25) is 0 Å².